The van der Waals surface area contributed by atoms with Gasteiger partial charge in [0.1, 0.15) is 5.65 Å². The summed E-state index contributed by atoms with van der Waals surface area (Å²) in [6.07, 6.45) is 4.42. The lowest BCUT2D eigenvalue weighted by Crippen LogP contribution is -2.49. The van der Waals surface area contributed by atoms with Crippen LogP contribution in [-0.4, -0.2) is 46.5 Å². The van der Waals surface area contributed by atoms with Crippen LogP contribution in [0, 0.1) is 6.92 Å². The Morgan fingerprint density at radius 2 is 2.10 bits per heavy atom. The summed E-state index contributed by atoms with van der Waals surface area (Å²) >= 11 is 0. The molecule has 2 aromatic rings. The number of aryl methyl sites for hydroxylation is 1. The second-order valence-electron chi connectivity index (χ2n) is 5.62. The van der Waals surface area contributed by atoms with E-state index in [1.54, 1.807) is 0 Å². The normalized spacial score (nSPS) is 18.5. The van der Waals surface area contributed by atoms with Crippen molar-refractivity contribution in [2.75, 3.05) is 26.2 Å². The maximum absolute atomic E-state index is 4.68. The third-order valence-corrected chi connectivity index (χ3v) is 4.40. The van der Waals surface area contributed by atoms with Gasteiger partial charge in [-0.2, -0.15) is 0 Å². The van der Waals surface area contributed by atoms with Crippen LogP contribution < -0.4 is 5.32 Å². The zero-order valence-corrected chi connectivity index (χ0v) is 12.5. The molecule has 0 aliphatic carbocycles. The summed E-state index contributed by atoms with van der Waals surface area (Å²) in [7, 11) is 0. The van der Waals surface area contributed by atoms with Crippen LogP contribution in [0.3, 0.4) is 0 Å². The van der Waals surface area contributed by atoms with E-state index < -0.39 is 0 Å². The number of pyridine rings is 1. The van der Waals surface area contributed by atoms with Crippen molar-refractivity contribution in [3.05, 3.63) is 35.8 Å². The van der Waals surface area contributed by atoms with Crippen LogP contribution in [0.15, 0.2) is 24.4 Å². The molecule has 1 saturated heterocycles. The molecule has 0 amide bonds. The number of hydrogen-bond acceptors (Lipinski definition) is 3. The molecule has 20 heavy (non-hydrogen) atoms. The molecule has 0 spiro atoms. The minimum absolute atomic E-state index is 0.621. The van der Waals surface area contributed by atoms with Gasteiger partial charge in [0.25, 0.3) is 0 Å². The lowest BCUT2D eigenvalue weighted by atomic mass is 10.0. The summed E-state index contributed by atoms with van der Waals surface area (Å²) in [5.41, 5.74) is 3.60. The van der Waals surface area contributed by atoms with Crippen molar-refractivity contribution in [3.8, 4) is 0 Å². The Bertz CT molecular complexity index is 569. The molecule has 3 rings (SSSR count). The molecule has 1 fully saturated rings. The van der Waals surface area contributed by atoms with E-state index in [1.165, 1.54) is 17.8 Å². The van der Waals surface area contributed by atoms with E-state index in [1.807, 2.05) is 0 Å². The van der Waals surface area contributed by atoms with Crippen molar-refractivity contribution < 1.29 is 0 Å². The Morgan fingerprint density at radius 1 is 1.30 bits per heavy atom. The van der Waals surface area contributed by atoms with Gasteiger partial charge in [0.15, 0.2) is 0 Å². The average Bonchev–Trinajstić information content (AvgIpc) is 2.81. The van der Waals surface area contributed by atoms with Crippen molar-refractivity contribution in [2.45, 2.75) is 32.7 Å². The van der Waals surface area contributed by atoms with Crippen LogP contribution >= 0.6 is 0 Å². The third-order valence-electron chi connectivity index (χ3n) is 4.40. The standard InChI is InChI=1S/C16H24N4/c1-3-14(19-10-7-17-8-11-19)12-15-13(2)18-16-6-4-5-9-20(15)16/h4-6,9,14,17H,3,7-8,10-12H2,1-2H3. The SMILES string of the molecule is CCC(Cc1c(C)nc2ccccn12)N1CCNCC1. The molecule has 1 atom stereocenters. The van der Waals surface area contributed by atoms with Crippen LogP contribution in [0.1, 0.15) is 24.7 Å². The third kappa shape index (κ3) is 2.58. The molecule has 4 nitrogen and oxygen atoms in total. The molecule has 1 N–H and O–H groups in total. The second-order valence-corrected chi connectivity index (χ2v) is 5.62. The predicted molar refractivity (Wildman–Crippen MR) is 82.2 cm³/mol. The maximum Gasteiger partial charge on any atom is 0.137 e. The highest BCUT2D eigenvalue weighted by Crippen LogP contribution is 2.18. The van der Waals surface area contributed by atoms with Crippen LogP contribution in [0.4, 0.5) is 0 Å². The number of aromatic nitrogens is 2. The first-order valence-electron chi connectivity index (χ1n) is 7.67. The smallest absolute Gasteiger partial charge is 0.137 e. The van der Waals surface area contributed by atoms with E-state index in [9.17, 15) is 0 Å². The Hall–Kier alpha value is -1.39. The monoisotopic (exact) mass is 272 g/mol. The van der Waals surface area contributed by atoms with E-state index in [-0.39, 0.29) is 0 Å². The average molecular weight is 272 g/mol. The molecule has 1 aliphatic rings. The van der Waals surface area contributed by atoms with Gasteiger partial charge in [-0.05, 0) is 25.5 Å². The molecular weight excluding hydrogens is 248 g/mol. The number of imidazole rings is 1. The number of hydrogen-bond donors (Lipinski definition) is 1. The molecule has 4 heteroatoms. The second kappa shape index (κ2) is 5.94. The zero-order chi connectivity index (χ0) is 13.9. The highest BCUT2D eigenvalue weighted by molar-refractivity contribution is 5.43. The molecular formula is C16H24N4. The van der Waals surface area contributed by atoms with Gasteiger partial charge < -0.3 is 9.72 Å². The molecule has 0 radical (unpaired) electrons. The van der Waals surface area contributed by atoms with Crippen molar-refractivity contribution in [1.82, 2.24) is 19.6 Å². The quantitative estimate of drug-likeness (QED) is 0.922. The van der Waals surface area contributed by atoms with Gasteiger partial charge in [0.05, 0.1) is 5.69 Å². The molecule has 0 bridgehead atoms. The van der Waals surface area contributed by atoms with Crippen LogP contribution in [0.25, 0.3) is 5.65 Å². The van der Waals surface area contributed by atoms with Gasteiger partial charge in [0.2, 0.25) is 0 Å². The fourth-order valence-electron chi connectivity index (χ4n) is 3.21. The fraction of sp³-hybridized carbons (Fsp3) is 0.562. The highest BCUT2D eigenvalue weighted by atomic mass is 15.2. The Kier molecular flexibility index (Phi) is 4.03. The van der Waals surface area contributed by atoms with Crippen LogP contribution in [-0.2, 0) is 6.42 Å². The summed E-state index contributed by atoms with van der Waals surface area (Å²) < 4.78 is 2.25. The van der Waals surface area contributed by atoms with Gasteiger partial charge in [-0.15, -0.1) is 0 Å². The largest absolute Gasteiger partial charge is 0.314 e. The van der Waals surface area contributed by atoms with E-state index in [0.29, 0.717) is 6.04 Å². The van der Waals surface area contributed by atoms with E-state index >= 15 is 0 Å². The molecule has 2 aromatic heterocycles. The molecule has 0 saturated carbocycles. The Labute approximate surface area is 120 Å². The molecule has 3 heterocycles. The van der Waals surface area contributed by atoms with Gasteiger partial charge >= 0.3 is 0 Å². The summed E-state index contributed by atoms with van der Waals surface area (Å²) in [4.78, 5) is 7.30. The summed E-state index contributed by atoms with van der Waals surface area (Å²) in [5.74, 6) is 0. The van der Waals surface area contributed by atoms with Gasteiger partial charge in [-0.25, -0.2) is 4.98 Å². The van der Waals surface area contributed by atoms with Crippen molar-refractivity contribution >= 4 is 5.65 Å². The predicted octanol–water partition coefficient (Wildman–Crippen LogP) is 1.87. The van der Waals surface area contributed by atoms with Gasteiger partial charge in [-0.1, -0.05) is 13.0 Å². The topological polar surface area (TPSA) is 32.6 Å². The summed E-state index contributed by atoms with van der Waals surface area (Å²) in [6.45, 7) is 8.98. The van der Waals surface area contributed by atoms with E-state index in [0.717, 1.165) is 38.2 Å². The van der Waals surface area contributed by atoms with Crippen LogP contribution in [0.2, 0.25) is 0 Å². The van der Waals surface area contributed by atoms with Crippen molar-refractivity contribution in [2.24, 2.45) is 0 Å². The first-order chi connectivity index (χ1) is 9.79. The lowest BCUT2D eigenvalue weighted by molar-refractivity contribution is 0.166. The first-order valence-corrected chi connectivity index (χ1v) is 7.67. The van der Waals surface area contributed by atoms with Crippen molar-refractivity contribution in [1.29, 1.82) is 0 Å². The molecule has 108 valence electrons. The number of piperazine rings is 1. The van der Waals surface area contributed by atoms with Gasteiger partial charge in [-0.3, -0.25) is 4.90 Å². The number of nitrogens with one attached hydrogen (secondary N) is 1. The van der Waals surface area contributed by atoms with Gasteiger partial charge in [0, 0.05) is 50.5 Å². The zero-order valence-electron chi connectivity index (χ0n) is 12.5. The summed E-state index contributed by atoms with van der Waals surface area (Å²) in [5, 5.41) is 3.43. The molecule has 1 unspecified atom stereocenters. The van der Waals surface area contributed by atoms with E-state index in [2.05, 4.69) is 57.8 Å². The highest BCUT2D eigenvalue weighted by Gasteiger charge is 2.21. The number of fused-ring (bicyclic) bond motifs is 1. The fourth-order valence-corrected chi connectivity index (χ4v) is 3.21. The number of rotatable bonds is 4. The van der Waals surface area contributed by atoms with Crippen LogP contribution in [0.5, 0.6) is 0 Å². The molecule has 0 aromatic carbocycles. The first kappa shape index (κ1) is 13.6. The Morgan fingerprint density at radius 3 is 2.85 bits per heavy atom. The molecule has 1 aliphatic heterocycles. The lowest BCUT2D eigenvalue weighted by Gasteiger charge is -2.34. The number of nitrogens with zero attached hydrogens (tertiary/aromatic N) is 3. The summed E-state index contributed by atoms with van der Waals surface area (Å²) in [6, 6.07) is 6.85. The Balaban J connectivity index is 1.85. The van der Waals surface area contributed by atoms with Crippen molar-refractivity contribution in [3.63, 3.8) is 0 Å². The minimum atomic E-state index is 0.621. The van der Waals surface area contributed by atoms with E-state index in [4.69, 9.17) is 0 Å². The minimum Gasteiger partial charge on any atom is -0.314 e. The maximum atomic E-state index is 4.68.